The largest absolute Gasteiger partial charge is 0.493 e. The molecule has 1 unspecified atom stereocenters. The Bertz CT molecular complexity index is 646. The molecule has 5 heteroatoms. The molecular weight excluding hydrogens is 266 g/mol. The number of nitrogens with zero attached hydrogens (tertiary/aromatic N) is 2. The molecule has 1 atom stereocenters. The Morgan fingerprint density at radius 3 is 2.86 bits per heavy atom. The monoisotopic (exact) mass is 285 g/mol. The summed E-state index contributed by atoms with van der Waals surface area (Å²) in [6, 6.07) is 8.11. The molecule has 0 spiro atoms. The van der Waals surface area contributed by atoms with Gasteiger partial charge in [-0.15, -0.1) is 0 Å². The maximum Gasteiger partial charge on any atom is 0.246 e. The second-order valence-electron chi connectivity index (χ2n) is 6.14. The number of fused-ring (bicyclic) bond motifs is 1. The lowest BCUT2D eigenvalue weighted by atomic mass is 9.96. The molecule has 5 nitrogen and oxygen atoms in total. The smallest absolute Gasteiger partial charge is 0.246 e. The van der Waals surface area contributed by atoms with Crippen LogP contribution in [0, 0.1) is 0 Å². The predicted octanol–water partition coefficient (Wildman–Crippen LogP) is 2.52. The third kappa shape index (κ3) is 2.21. The average molecular weight is 285 g/mol. The maximum atomic E-state index is 6.37. The van der Waals surface area contributed by atoms with E-state index in [-0.39, 0.29) is 5.92 Å². The summed E-state index contributed by atoms with van der Waals surface area (Å²) >= 11 is 0. The van der Waals surface area contributed by atoms with E-state index in [0.717, 1.165) is 43.7 Å². The molecule has 21 heavy (non-hydrogen) atoms. The Balaban J connectivity index is 1.57. The summed E-state index contributed by atoms with van der Waals surface area (Å²) in [4.78, 5) is 4.58. The molecule has 1 fully saturated rings. The average Bonchev–Trinajstić information content (AvgIpc) is 3.17. The Kier molecular flexibility index (Phi) is 2.96. The van der Waals surface area contributed by atoms with E-state index in [1.165, 1.54) is 5.56 Å². The van der Waals surface area contributed by atoms with E-state index in [1.807, 2.05) is 18.2 Å². The number of aromatic nitrogens is 2. The second kappa shape index (κ2) is 4.84. The third-order valence-corrected chi connectivity index (χ3v) is 4.61. The molecule has 2 heterocycles. The summed E-state index contributed by atoms with van der Waals surface area (Å²) in [6.45, 7) is 0.591. The van der Waals surface area contributed by atoms with Gasteiger partial charge in [-0.1, -0.05) is 36.2 Å². The first-order chi connectivity index (χ1) is 10.2. The van der Waals surface area contributed by atoms with Gasteiger partial charge in [-0.05, 0) is 30.9 Å². The van der Waals surface area contributed by atoms with Gasteiger partial charge in [0.15, 0.2) is 5.82 Å². The van der Waals surface area contributed by atoms with Gasteiger partial charge in [0.1, 0.15) is 5.75 Å². The summed E-state index contributed by atoms with van der Waals surface area (Å²) in [5.41, 5.74) is 7.15. The topological polar surface area (TPSA) is 74.2 Å². The van der Waals surface area contributed by atoms with Crippen LogP contribution in [0.5, 0.6) is 5.75 Å². The summed E-state index contributed by atoms with van der Waals surface area (Å²) in [5.74, 6) is 2.41. The number of hydrogen-bond acceptors (Lipinski definition) is 5. The Labute approximate surface area is 123 Å². The highest BCUT2D eigenvalue weighted by molar-refractivity contribution is 5.36. The van der Waals surface area contributed by atoms with Crippen LogP contribution in [0.3, 0.4) is 0 Å². The van der Waals surface area contributed by atoms with Crippen molar-refractivity contribution in [2.45, 2.75) is 43.6 Å². The maximum absolute atomic E-state index is 6.37. The molecule has 1 aromatic heterocycles. The van der Waals surface area contributed by atoms with Crippen LogP contribution < -0.4 is 10.5 Å². The van der Waals surface area contributed by atoms with E-state index < -0.39 is 5.54 Å². The van der Waals surface area contributed by atoms with Gasteiger partial charge in [0.2, 0.25) is 5.89 Å². The Morgan fingerprint density at radius 1 is 1.19 bits per heavy atom. The lowest BCUT2D eigenvalue weighted by Gasteiger charge is -2.23. The van der Waals surface area contributed by atoms with Crippen molar-refractivity contribution in [3.8, 4) is 5.75 Å². The molecule has 110 valence electrons. The Morgan fingerprint density at radius 2 is 2.00 bits per heavy atom. The number of hydrogen-bond donors (Lipinski definition) is 1. The zero-order valence-electron chi connectivity index (χ0n) is 11.9. The molecule has 2 aromatic rings. The van der Waals surface area contributed by atoms with Crippen LogP contribution in [0.2, 0.25) is 0 Å². The quantitative estimate of drug-likeness (QED) is 0.917. The minimum Gasteiger partial charge on any atom is -0.493 e. The van der Waals surface area contributed by atoms with Crippen LogP contribution in [-0.4, -0.2) is 16.7 Å². The lowest BCUT2D eigenvalue weighted by Crippen LogP contribution is -2.33. The zero-order valence-corrected chi connectivity index (χ0v) is 11.9. The molecule has 2 N–H and O–H groups in total. The first-order valence-corrected chi connectivity index (χ1v) is 7.58. The van der Waals surface area contributed by atoms with Crippen LogP contribution in [0.15, 0.2) is 28.8 Å². The van der Waals surface area contributed by atoms with Crippen molar-refractivity contribution in [2.24, 2.45) is 5.73 Å². The van der Waals surface area contributed by atoms with Gasteiger partial charge >= 0.3 is 0 Å². The van der Waals surface area contributed by atoms with Crippen molar-refractivity contribution >= 4 is 0 Å². The zero-order chi connectivity index (χ0) is 14.3. The molecule has 0 amide bonds. The van der Waals surface area contributed by atoms with Crippen molar-refractivity contribution in [3.63, 3.8) is 0 Å². The first-order valence-electron chi connectivity index (χ1n) is 7.58. The summed E-state index contributed by atoms with van der Waals surface area (Å²) in [5, 5.41) is 4.16. The van der Waals surface area contributed by atoms with Gasteiger partial charge in [-0.3, -0.25) is 0 Å². The molecule has 4 rings (SSSR count). The molecule has 1 saturated carbocycles. The van der Waals surface area contributed by atoms with Crippen molar-refractivity contribution in [1.82, 2.24) is 10.1 Å². The molecule has 1 aliphatic heterocycles. The number of para-hydroxylation sites is 1. The highest BCUT2D eigenvalue weighted by Gasteiger charge is 2.37. The van der Waals surface area contributed by atoms with Crippen LogP contribution in [-0.2, 0) is 12.0 Å². The number of nitrogens with two attached hydrogens (primary N) is 1. The highest BCUT2D eigenvalue weighted by atomic mass is 16.5. The Hall–Kier alpha value is -1.88. The van der Waals surface area contributed by atoms with E-state index >= 15 is 0 Å². The molecule has 0 bridgehead atoms. The molecule has 1 aliphatic carbocycles. The molecule has 2 aliphatic rings. The fourth-order valence-corrected chi connectivity index (χ4v) is 3.32. The van der Waals surface area contributed by atoms with Gasteiger partial charge in [-0.25, -0.2) is 0 Å². The summed E-state index contributed by atoms with van der Waals surface area (Å²) in [7, 11) is 0. The normalized spacial score (nSPS) is 23.6. The fraction of sp³-hybridized carbons (Fsp3) is 0.500. The minimum absolute atomic E-state index is 0.141. The van der Waals surface area contributed by atoms with Gasteiger partial charge in [0.25, 0.3) is 0 Å². The van der Waals surface area contributed by atoms with E-state index in [1.54, 1.807) is 0 Å². The van der Waals surface area contributed by atoms with E-state index in [2.05, 4.69) is 16.2 Å². The summed E-state index contributed by atoms with van der Waals surface area (Å²) in [6.07, 6.45) is 5.01. The van der Waals surface area contributed by atoms with Gasteiger partial charge < -0.3 is 15.0 Å². The molecule has 0 saturated heterocycles. The van der Waals surface area contributed by atoms with Gasteiger partial charge in [-0.2, -0.15) is 4.98 Å². The minimum atomic E-state index is -0.418. The van der Waals surface area contributed by atoms with Crippen LogP contribution in [0.4, 0.5) is 0 Å². The second-order valence-corrected chi connectivity index (χ2v) is 6.14. The molecule has 1 aromatic carbocycles. The van der Waals surface area contributed by atoms with Crippen LogP contribution in [0.1, 0.15) is 48.9 Å². The molecule has 0 radical (unpaired) electrons. The first kappa shape index (κ1) is 12.8. The molecular formula is C16H19N3O2. The standard InChI is InChI=1S/C16H19N3O2/c17-16(7-3-4-8-16)15-18-14(19-21-15)12-9-11-5-1-2-6-13(11)20-10-12/h1-2,5-6,12H,3-4,7-10,17H2. The van der Waals surface area contributed by atoms with E-state index in [0.29, 0.717) is 12.5 Å². The highest BCUT2D eigenvalue weighted by Crippen LogP contribution is 2.37. The third-order valence-electron chi connectivity index (χ3n) is 4.61. The predicted molar refractivity (Wildman–Crippen MR) is 77.0 cm³/mol. The number of ether oxygens (including phenoxy) is 1. The van der Waals surface area contributed by atoms with Crippen molar-refractivity contribution in [1.29, 1.82) is 0 Å². The van der Waals surface area contributed by atoms with Gasteiger partial charge in [0.05, 0.1) is 18.1 Å². The SMILES string of the molecule is NC1(c2nc(C3COc4ccccc4C3)no2)CCCC1. The van der Waals surface area contributed by atoms with E-state index in [4.69, 9.17) is 15.0 Å². The number of benzene rings is 1. The van der Waals surface area contributed by atoms with Gasteiger partial charge in [0, 0.05) is 0 Å². The van der Waals surface area contributed by atoms with Crippen molar-refractivity contribution in [2.75, 3.05) is 6.61 Å². The number of rotatable bonds is 2. The van der Waals surface area contributed by atoms with Crippen molar-refractivity contribution < 1.29 is 9.26 Å². The summed E-state index contributed by atoms with van der Waals surface area (Å²) < 4.78 is 11.2. The van der Waals surface area contributed by atoms with Crippen molar-refractivity contribution in [3.05, 3.63) is 41.5 Å². The fourth-order valence-electron chi connectivity index (χ4n) is 3.32. The van der Waals surface area contributed by atoms with Crippen LogP contribution in [0.25, 0.3) is 0 Å². The van der Waals surface area contributed by atoms with E-state index in [9.17, 15) is 0 Å². The van der Waals surface area contributed by atoms with Crippen LogP contribution >= 0.6 is 0 Å². The lowest BCUT2D eigenvalue weighted by molar-refractivity contribution is 0.251.